The summed E-state index contributed by atoms with van der Waals surface area (Å²) in [4.78, 5) is 12.3. The van der Waals surface area contributed by atoms with Crippen LogP contribution in [0, 0.1) is 0 Å². The smallest absolute Gasteiger partial charge is 0.257 e. The summed E-state index contributed by atoms with van der Waals surface area (Å²) in [5.41, 5.74) is 7.07. The lowest BCUT2D eigenvalue weighted by molar-refractivity contribution is 0.102. The lowest BCUT2D eigenvalue weighted by Crippen LogP contribution is -2.14. The number of amides is 1. The van der Waals surface area contributed by atoms with Crippen LogP contribution in [0.15, 0.2) is 40.9 Å². The molecule has 0 aliphatic heterocycles. The molecule has 2 aromatic rings. The van der Waals surface area contributed by atoms with Crippen molar-refractivity contribution in [2.45, 2.75) is 0 Å². The predicted molar refractivity (Wildman–Crippen MR) is 84.5 cm³/mol. The average Bonchev–Trinajstić information content (AvgIpc) is 2.41. The molecular weight excluding hydrogens is 344 g/mol. The molecule has 1 amide bonds. The molecule has 6 heteroatoms. The summed E-state index contributed by atoms with van der Waals surface area (Å²) in [6, 6.07) is 10.1. The molecule has 0 spiro atoms. The van der Waals surface area contributed by atoms with Crippen LogP contribution >= 0.6 is 27.5 Å². The van der Waals surface area contributed by atoms with Gasteiger partial charge in [0.25, 0.3) is 5.91 Å². The van der Waals surface area contributed by atoms with Gasteiger partial charge in [-0.05, 0) is 36.4 Å². The number of nitrogens with two attached hydrogens (primary N) is 1. The lowest BCUT2D eigenvalue weighted by atomic mass is 10.1. The monoisotopic (exact) mass is 354 g/mol. The van der Waals surface area contributed by atoms with Crippen molar-refractivity contribution < 1.29 is 9.53 Å². The molecule has 20 heavy (non-hydrogen) atoms. The van der Waals surface area contributed by atoms with Crippen molar-refractivity contribution in [1.29, 1.82) is 0 Å². The fourth-order valence-corrected chi connectivity index (χ4v) is 2.23. The Labute approximate surface area is 130 Å². The van der Waals surface area contributed by atoms with Crippen LogP contribution in [-0.2, 0) is 0 Å². The lowest BCUT2D eigenvalue weighted by Gasteiger charge is -2.11. The Kier molecular flexibility index (Phi) is 4.52. The Hall–Kier alpha value is -1.72. The highest BCUT2D eigenvalue weighted by Gasteiger charge is 2.13. The van der Waals surface area contributed by atoms with Gasteiger partial charge in [0.15, 0.2) is 0 Å². The Morgan fingerprint density at radius 1 is 1.30 bits per heavy atom. The largest absolute Gasteiger partial charge is 0.495 e. The van der Waals surface area contributed by atoms with Gasteiger partial charge in [0, 0.05) is 15.2 Å². The summed E-state index contributed by atoms with van der Waals surface area (Å²) in [5, 5.41) is 3.24. The molecule has 2 aromatic carbocycles. The number of carbonyl (C=O) groups excluding carboxylic acids is 1. The number of rotatable bonds is 3. The van der Waals surface area contributed by atoms with Gasteiger partial charge in [-0.3, -0.25) is 4.79 Å². The van der Waals surface area contributed by atoms with E-state index in [-0.39, 0.29) is 5.91 Å². The fourth-order valence-electron chi connectivity index (χ4n) is 1.69. The van der Waals surface area contributed by atoms with Crippen molar-refractivity contribution >= 4 is 44.8 Å². The number of methoxy groups -OCH3 is 1. The van der Waals surface area contributed by atoms with Gasteiger partial charge >= 0.3 is 0 Å². The van der Waals surface area contributed by atoms with Gasteiger partial charge in [-0.25, -0.2) is 0 Å². The van der Waals surface area contributed by atoms with Gasteiger partial charge in [0.1, 0.15) is 5.75 Å². The first-order valence-corrected chi connectivity index (χ1v) is 6.88. The highest BCUT2D eigenvalue weighted by molar-refractivity contribution is 9.10. The van der Waals surface area contributed by atoms with Gasteiger partial charge in [-0.15, -0.1) is 0 Å². The van der Waals surface area contributed by atoms with Crippen molar-refractivity contribution in [2.75, 3.05) is 18.2 Å². The molecular formula is C14H12BrClN2O2. The molecule has 0 unspecified atom stereocenters. The maximum Gasteiger partial charge on any atom is 0.257 e. The molecule has 0 aromatic heterocycles. The van der Waals surface area contributed by atoms with Crippen LogP contribution in [0.2, 0.25) is 5.02 Å². The summed E-state index contributed by atoms with van der Waals surface area (Å²) < 4.78 is 5.95. The van der Waals surface area contributed by atoms with Gasteiger partial charge in [0.05, 0.1) is 18.4 Å². The van der Waals surface area contributed by atoms with Crippen LogP contribution in [0.3, 0.4) is 0 Å². The van der Waals surface area contributed by atoms with Gasteiger partial charge in [-0.2, -0.15) is 0 Å². The number of hydrogen-bond donors (Lipinski definition) is 2. The highest BCUT2D eigenvalue weighted by Crippen LogP contribution is 2.29. The molecule has 3 N–H and O–H groups in total. The van der Waals surface area contributed by atoms with Crippen LogP contribution in [-0.4, -0.2) is 13.0 Å². The average molecular weight is 356 g/mol. The number of nitrogen functional groups attached to an aromatic ring is 1. The third kappa shape index (κ3) is 3.23. The van der Waals surface area contributed by atoms with E-state index in [4.69, 9.17) is 22.1 Å². The summed E-state index contributed by atoms with van der Waals surface area (Å²) in [6.07, 6.45) is 0. The van der Waals surface area contributed by atoms with Crippen LogP contribution in [0.25, 0.3) is 0 Å². The van der Waals surface area contributed by atoms with Crippen LogP contribution in [0.4, 0.5) is 11.4 Å². The van der Waals surface area contributed by atoms with E-state index in [2.05, 4.69) is 21.2 Å². The van der Waals surface area contributed by atoms with E-state index < -0.39 is 0 Å². The molecule has 0 radical (unpaired) electrons. The van der Waals surface area contributed by atoms with E-state index in [9.17, 15) is 4.79 Å². The third-order valence-corrected chi connectivity index (χ3v) is 3.40. The highest BCUT2D eigenvalue weighted by atomic mass is 79.9. The molecule has 0 atom stereocenters. The van der Waals surface area contributed by atoms with Crippen molar-refractivity contribution in [3.63, 3.8) is 0 Å². The first-order valence-electron chi connectivity index (χ1n) is 5.71. The van der Waals surface area contributed by atoms with E-state index in [1.165, 1.54) is 7.11 Å². The minimum atomic E-state index is -0.329. The predicted octanol–water partition coefficient (Wildman–Crippen LogP) is 3.95. The number of carbonyl (C=O) groups is 1. The topological polar surface area (TPSA) is 64.3 Å². The summed E-state index contributed by atoms with van der Waals surface area (Å²) in [6.45, 7) is 0. The molecule has 0 saturated carbocycles. The van der Waals surface area contributed by atoms with Crippen molar-refractivity contribution in [3.8, 4) is 5.75 Å². The number of anilines is 2. The molecule has 0 aliphatic carbocycles. The maximum atomic E-state index is 12.3. The van der Waals surface area contributed by atoms with E-state index in [0.29, 0.717) is 27.7 Å². The van der Waals surface area contributed by atoms with E-state index in [1.54, 1.807) is 36.4 Å². The summed E-state index contributed by atoms with van der Waals surface area (Å²) in [5.74, 6) is 0.195. The van der Waals surface area contributed by atoms with Crippen LogP contribution < -0.4 is 15.8 Å². The molecule has 4 nitrogen and oxygen atoms in total. The summed E-state index contributed by atoms with van der Waals surface area (Å²) in [7, 11) is 1.52. The number of ether oxygens (including phenoxy) is 1. The quantitative estimate of drug-likeness (QED) is 0.820. The molecule has 0 aliphatic rings. The second-order valence-electron chi connectivity index (χ2n) is 4.03. The second-order valence-corrected chi connectivity index (χ2v) is 5.38. The first-order chi connectivity index (χ1) is 9.51. The van der Waals surface area contributed by atoms with E-state index >= 15 is 0 Å². The third-order valence-electron chi connectivity index (χ3n) is 2.67. The number of benzene rings is 2. The van der Waals surface area contributed by atoms with Gasteiger partial charge in [0.2, 0.25) is 0 Å². The molecule has 0 saturated heterocycles. The zero-order valence-electron chi connectivity index (χ0n) is 10.6. The zero-order chi connectivity index (χ0) is 14.7. The van der Waals surface area contributed by atoms with Gasteiger partial charge in [-0.1, -0.05) is 27.5 Å². The molecule has 2 rings (SSSR count). The number of halogens is 2. The Morgan fingerprint density at radius 2 is 2.05 bits per heavy atom. The molecule has 0 heterocycles. The SMILES string of the molecule is COc1ccc(Cl)cc1NC(=O)c1cc(Br)ccc1N. The number of hydrogen-bond acceptors (Lipinski definition) is 3. The first kappa shape index (κ1) is 14.7. The molecule has 0 fully saturated rings. The van der Waals surface area contributed by atoms with Crippen molar-refractivity contribution in [3.05, 3.63) is 51.5 Å². The Bertz CT molecular complexity index is 662. The minimum Gasteiger partial charge on any atom is -0.495 e. The number of nitrogens with one attached hydrogen (secondary N) is 1. The van der Waals surface area contributed by atoms with E-state index in [1.807, 2.05) is 0 Å². The van der Waals surface area contributed by atoms with Crippen LogP contribution in [0.1, 0.15) is 10.4 Å². The van der Waals surface area contributed by atoms with Crippen molar-refractivity contribution in [1.82, 2.24) is 0 Å². The fraction of sp³-hybridized carbons (Fsp3) is 0.0714. The van der Waals surface area contributed by atoms with Crippen molar-refractivity contribution in [2.24, 2.45) is 0 Å². The van der Waals surface area contributed by atoms with E-state index in [0.717, 1.165) is 4.47 Å². The summed E-state index contributed by atoms with van der Waals surface area (Å²) >= 11 is 9.23. The molecule has 0 bridgehead atoms. The Morgan fingerprint density at radius 3 is 2.75 bits per heavy atom. The zero-order valence-corrected chi connectivity index (χ0v) is 13.0. The standard InChI is InChI=1S/C14H12BrClN2O2/c1-20-13-5-3-9(16)7-12(13)18-14(19)10-6-8(15)2-4-11(10)17/h2-7H,17H2,1H3,(H,18,19). The molecule has 104 valence electrons. The minimum absolute atomic E-state index is 0.329. The Balaban J connectivity index is 2.32. The van der Waals surface area contributed by atoms with Crippen LogP contribution in [0.5, 0.6) is 5.75 Å². The maximum absolute atomic E-state index is 12.3. The van der Waals surface area contributed by atoms with Gasteiger partial charge < -0.3 is 15.8 Å². The normalized spacial score (nSPS) is 10.2. The second kappa shape index (κ2) is 6.15.